The number of hydrogen-bond acceptors (Lipinski definition) is 5. The number of ether oxygens (including phenoxy) is 2. The van der Waals surface area contributed by atoms with Crippen LogP contribution in [0.4, 0.5) is 5.82 Å². The highest BCUT2D eigenvalue weighted by Gasteiger charge is 2.06. The van der Waals surface area contributed by atoms with Crippen molar-refractivity contribution in [3.63, 3.8) is 0 Å². The molecule has 0 aliphatic rings. The Bertz CT molecular complexity index is 570. The van der Waals surface area contributed by atoms with Gasteiger partial charge in [0.1, 0.15) is 12.4 Å². The lowest BCUT2D eigenvalue weighted by Crippen LogP contribution is -2.01. The number of benzene rings is 1. The highest BCUT2D eigenvalue weighted by atomic mass is 16.5. The van der Waals surface area contributed by atoms with Crippen LogP contribution in [0.1, 0.15) is 18.1 Å². The molecule has 21 heavy (non-hydrogen) atoms. The fourth-order valence-corrected chi connectivity index (χ4v) is 1.89. The van der Waals surface area contributed by atoms with Gasteiger partial charge in [-0.25, -0.2) is 4.98 Å². The van der Waals surface area contributed by atoms with E-state index >= 15 is 0 Å². The molecule has 1 aromatic heterocycles. The Labute approximate surface area is 124 Å². The average molecular weight is 288 g/mol. The summed E-state index contributed by atoms with van der Waals surface area (Å²) in [6.07, 6.45) is 1.78. The second-order valence-electron chi connectivity index (χ2n) is 4.51. The molecule has 1 heterocycles. The van der Waals surface area contributed by atoms with Gasteiger partial charge in [0, 0.05) is 18.3 Å². The van der Waals surface area contributed by atoms with E-state index in [4.69, 9.17) is 14.6 Å². The number of aromatic nitrogens is 1. The predicted molar refractivity (Wildman–Crippen MR) is 81.6 cm³/mol. The minimum Gasteiger partial charge on any atom is -0.493 e. The van der Waals surface area contributed by atoms with Gasteiger partial charge >= 0.3 is 0 Å². The fraction of sp³-hybridized carbons (Fsp3) is 0.312. The number of nitrogens with zero attached hydrogens (tertiary/aromatic N) is 1. The molecule has 0 radical (unpaired) electrons. The number of methoxy groups -OCH3 is 1. The lowest BCUT2D eigenvalue weighted by Gasteiger charge is -2.12. The van der Waals surface area contributed by atoms with Crippen LogP contribution in [0, 0.1) is 0 Å². The molecular formula is C16H20N2O3. The Hall–Kier alpha value is -2.27. The van der Waals surface area contributed by atoms with Crippen molar-refractivity contribution in [1.82, 2.24) is 4.98 Å². The van der Waals surface area contributed by atoms with Crippen LogP contribution in [0.3, 0.4) is 0 Å². The molecule has 1 aromatic carbocycles. The van der Waals surface area contributed by atoms with Gasteiger partial charge in [0.25, 0.3) is 0 Å². The van der Waals surface area contributed by atoms with Crippen molar-refractivity contribution in [2.75, 3.05) is 19.0 Å². The molecule has 2 aromatic rings. The first kappa shape index (κ1) is 15.1. The van der Waals surface area contributed by atoms with Crippen molar-refractivity contribution < 1.29 is 14.6 Å². The van der Waals surface area contributed by atoms with Crippen LogP contribution in [0.15, 0.2) is 36.5 Å². The number of anilines is 1. The predicted octanol–water partition coefficient (Wildman–Crippen LogP) is 2.59. The summed E-state index contributed by atoms with van der Waals surface area (Å²) in [6.45, 7) is 3.26. The first-order chi connectivity index (χ1) is 10.3. The molecule has 2 rings (SSSR count). The normalized spacial score (nSPS) is 10.2. The lowest BCUT2D eigenvalue weighted by molar-refractivity contribution is 0.274. The molecule has 0 saturated carbocycles. The maximum absolute atomic E-state index is 9.12. The summed E-state index contributed by atoms with van der Waals surface area (Å²) in [4.78, 5) is 4.30. The molecule has 0 spiro atoms. The number of aliphatic hydroxyl groups is 1. The second kappa shape index (κ2) is 7.50. The number of pyridine rings is 1. The highest BCUT2D eigenvalue weighted by Crippen LogP contribution is 2.28. The largest absolute Gasteiger partial charge is 0.493 e. The molecular weight excluding hydrogens is 268 g/mol. The van der Waals surface area contributed by atoms with Crippen LogP contribution < -0.4 is 14.8 Å². The standard InChI is InChI=1S/C16H20N2O3/c1-3-17-16-7-5-13(9-18-16)11-21-14-6-4-12(10-19)8-15(14)20-2/h4-9,19H,3,10-11H2,1-2H3,(H,17,18). The van der Waals surface area contributed by atoms with E-state index in [1.807, 2.05) is 25.1 Å². The van der Waals surface area contributed by atoms with E-state index < -0.39 is 0 Å². The summed E-state index contributed by atoms with van der Waals surface area (Å²) < 4.78 is 11.0. The SMILES string of the molecule is CCNc1ccc(COc2ccc(CO)cc2OC)cn1. The van der Waals surface area contributed by atoms with Gasteiger partial charge in [-0.05, 0) is 30.7 Å². The molecule has 0 saturated heterocycles. The van der Waals surface area contributed by atoms with Crippen LogP contribution in [0.2, 0.25) is 0 Å². The van der Waals surface area contributed by atoms with E-state index in [9.17, 15) is 0 Å². The molecule has 112 valence electrons. The molecule has 0 amide bonds. The maximum Gasteiger partial charge on any atom is 0.161 e. The molecule has 0 bridgehead atoms. The van der Waals surface area contributed by atoms with Crippen LogP contribution in [-0.2, 0) is 13.2 Å². The maximum atomic E-state index is 9.12. The van der Waals surface area contributed by atoms with E-state index in [2.05, 4.69) is 10.3 Å². The van der Waals surface area contributed by atoms with Gasteiger partial charge in [0.2, 0.25) is 0 Å². The van der Waals surface area contributed by atoms with Gasteiger partial charge in [-0.1, -0.05) is 12.1 Å². The quantitative estimate of drug-likeness (QED) is 0.820. The monoisotopic (exact) mass is 288 g/mol. The van der Waals surface area contributed by atoms with Crippen molar-refractivity contribution in [2.24, 2.45) is 0 Å². The Morgan fingerprint density at radius 3 is 2.57 bits per heavy atom. The molecule has 0 fully saturated rings. The minimum absolute atomic E-state index is 0.0214. The third-order valence-corrected chi connectivity index (χ3v) is 2.99. The molecule has 5 heteroatoms. The van der Waals surface area contributed by atoms with Crippen LogP contribution in [-0.4, -0.2) is 23.7 Å². The first-order valence-electron chi connectivity index (χ1n) is 6.86. The van der Waals surface area contributed by atoms with Gasteiger partial charge in [-0.15, -0.1) is 0 Å². The van der Waals surface area contributed by atoms with Crippen molar-refractivity contribution >= 4 is 5.82 Å². The van der Waals surface area contributed by atoms with Gasteiger partial charge < -0.3 is 19.9 Å². The third-order valence-electron chi connectivity index (χ3n) is 2.99. The third kappa shape index (κ3) is 4.10. The van der Waals surface area contributed by atoms with Gasteiger partial charge in [-0.2, -0.15) is 0 Å². The molecule has 5 nitrogen and oxygen atoms in total. The Morgan fingerprint density at radius 1 is 1.14 bits per heavy atom. The van der Waals surface area contributed by atoms with Gasteiger partial charge in [-0.3, -0.25) is 0 Å². The van der Waals surface area contributed by atoms with Crippen molar-refractivity contribution in [1.29, 1.82) is 0 Å². The second-order valence-corrected chi connectivity index (χ2v) is 4.51. The number of nitrogens with one attached hydrogen (secondary N) is 1. The van der Waals surface area contributed by atoms with Crippen LogP contribution in [0.5, 0.6) is 11.5 Å². The van der Waals surface area contributed by atoms with E-state index in [-0.39, 0.29) is 6.61 Å². The van der Waals surface area contributed by atoms with E-state index in [1.165, 1.54) is 0 Å². The fourth-order valence-electron chi connectivity index (χ4n) is 1.89. The summed E-state index contributed by atoms with van der Waals surface area (Å²) >= 11 is 0. The zero-order valence-electron chi connectivity index (χ0n) is 12.3. The summed E-state index contributed by atoms with van der Waals surface area (Å²) in [7, 11) is 1.58. The van der Waals surface area contributed by atoms with Crippen molar-refractivity contribution in [3.8, 4) is 11.5 Å². The summed E-state index contributed by atoms with van der Waals surface area (Å²) in [5.74, 6) is 2.11. The summed E-state index contributed by atoms with van der Waals surface area (Å²) in [6, 6.07) is 9.27. The molecule has 2 N–H and O–H groups in total. The average Bonchev–Trinajstić information content (AvgIpc) is 2.54. The topological polar surface area (TPSA) is 63.6 Å². The Morgan fingerprint density at radius 2 is 1.95 bits per heavy atom. The number of hydrogen-bond donors (Lipinski definition) is 2. The minimum atomic E-state index is -0.0214. The van der Waals surface area contributed by atoms with Crippen LogP contribution in [0.25, 0.3) is 0 Å². The molecule has 0 aliphatic carbocycles. The summed E-state index contributed by atoms with van der Waals surface area (Å²) in [5, 5.41) is 12.3. The highest BCUT2D eigenvalue weighted by molar-refractivity contribution is 5.43. The smallest absolute Gasteiger partial charge is 0.161 e. The number of aliphatic hydroxyl groups excluding tert-OH is 1. The van der Waals surface area contributed by atoms with Gasteiger partial charge in [0.15, 0.2) is 11.5 Å². The first-order valence-corrected chi connectivity index (χ1v) is 6.86. The van der Waals surface area contributed by atoms with E-state index in [0.29, 0.717) is 18.1 Å². The molecule has 0 atom stereocenters. The van der Waals surface area contributed by atoms with Crippen LogP contribution >= 0.6 is 0 Å². The zero-order chi connectivity index (χ0) is 15.1. The van der Waals surface area contributed by atoms with Crippen molar-refractivity contribution in [3.05, 3.63) is 47.7 Å². The molecule has 0 unspecified atom stereocenters. The summed E-state index contributed by atoms with van der Waals surface area (Å²) in [5.41, 5.74) is 1.76. The number of rotatable bonds is 7. The van der Waals surface area contributed by atoms with E-state index in [1.54, 1.807) is 25.4 Å². The Kier molecular flexibility index (Phi) is 5.40. The zero-order valence-corrected chi connectivity index (χ0v) is 12.3. The molecule has 0 aliphatic heterocycles. The van der Waals surface area contributed by atoms with E-state index in [0.717, 1.165) is 23.5 Å². The van der Waals surface area contributed by atoms with Gasteiger partial charge in [0.05, 0.1) is 13.7 Å². The van der Waals surface area contributed by atoms with Crippen molar-refractivity contribution in [2.45, 2.75) is 20.1 Å². The Balaban J connectivity index is 2.02. The lowest BCUT2D eigenvalue weighted by atomic mass is 10.2.